The first-order chi connectivity index (χ1) is 7.31. The van der Waals surface area contributed by atoms with Gasteiger partial charge in [0.25, 0.3) is 0 Å². The largest absolute Gasteiger partial charge is 0.227 e. The van der Waals surface area contributed by atoms with Gasteiger partial charge in [0.2, 0.25) is 0 Å². The third-order valence-corrected chi connectivity index (χ3v) is 9.46. The highest BCUT2D eigenvalue weighted by Crippen LogP contribution is 2.60. The lowest BCUT2D eigenvalue weighted by atomic mass is 10.7. The zero-order chi connectivity index (χ0) is 12.8. The summed E-state index contributed by atoms with van der Waals surface area (Å²) in [5.41, 5.74) is 0. The molecule has 0 saturated heterocycles. The van der Waals surface area contributed by atoms with E-state index in [0.717, 1.165) is 18.1 Å². The summed E-state index contributed by atoms with van der Waals surface area (Å²) in [4.78, 5) is 0. The van der Waals surface area contributed by atoms with Crippen molar-refractivity contribution in [3.63, 3.8) is 0 Å². The summed E-state index contributed by atoms with van der Waals surface area (Å²) in [5, 5.41) is 0. The molecule has 0 unspecified atom stereocenters. The van der Waals surface area contributed by atoms with Crippen LogP contribution in [0.25, 0.3) is 0 Å². The molecule has 0 fully saturated rings. The molecule has 16 heavy (non-hydrogen) atoms. The van der Waals surface area contributed by atoms with E-state index in [4.69, 9.17) is 0 Å². The van der Waals surface area contributed by atoms with Crippen LogP contribution in [0.15, 0.2) is 38.0 Å². The summed E-state index contributed by atoms with van der Waals surface area (Å²) < 4.78 is 2.64. The van der Waals surface area contributed by atoms with E-state index in [9.17, 15) is 0 Å². The van der Waals surface area contributed by atoms with Gasteiger partial charge in [-0.25, -0.2) is 3.71 Å². The van der Waals surface area contributed by atoms with Crippen LogP contribution >= 0.6 is 20.4 Å². The molecule has 0 aromatic carbocycles. The van der Waals surface area contributed by atoms with E-state index in [1.54, 1.807) is 0 Å². The fourth-order valence-electron chi connectivity index (χ4n) is 1.80. The summed E-state index contributed by atoms with van der Waals surface area (Å²) in [7, 11) is -1.56. The molecule has 0 aromatic rings. The molecule has 0 aliphatic carbocycles. The molecule has 96 valence electrons. The maximum atomic E-state index is 3.88. The lowest BCUT2D eigenvalue weighted by Gasteiger charge is -2.54. The lowest BCUT2D eigenvalue weighted by Crippen LogP contribution is -2.32. The predicted octanol–water partition coefficient (Wildman–Crippen LogP) is 3.80. The Bertz CT molecular complexity index is 235. The zero-order valence-electron chi connectivity index (χ0n) is 11.2. The maximum Gasteiger partial charge on any atom is 0.0347 e. The molecule has 0 aromatic heterocycles. The fraction of sp³-hybridized carbons (Fsp3) is 0.538. The van der Waals surface area contributed by atoms with Gasteiger partial charge in [0.15, 0.2) is 0 Å². The van der Waals surface area contributed by atoms with Gasteiger partial charge in [-0.15, -0.1) is 19.7 Å². The highest BCUT2D eigenvalue weighted by molar-refractivity contribution is 8.44. The van der Waals surface area contributed by atoms with Crippen LogP contribution in [0.4, 0.5) is 0 Å². The van der Waals surface area contributed by atoms with Crippen molar-refractivity contribution >= 4 is 20.4 Å². The normalized spacial score (nSPS) is 14.6. The number of rotatable bonds is 8. The van der Waals surface area contributed by atoms with E-state index in [1.807, 2.05) is 18.2 Å². The minimum Gasteiger partial charge on any atom is -0.227 e. The van der Waals surface area contributed by atoms with E-state index in [1.165, 1.54) is 0 Å². The van der Waals surface area contributed by atoms with Gasteiger partial charge in [-0.1, -0.05) is 18.2 Å². The molecule has 0 N–H and O–H groups in total. The van der Waals surface area contributed by atoms with Crippen molar-refractivity contribution in [2.45, 2.75) is 0 Å². The Morgan fingerprint density at radius 2 is 1.19 bits per heavy atom. The molecule has 0 amide bonds. The first-order valence-corrected chi connectivity index (χ1v) is 10.5. The van der Waals surface area contributed by atoms with Crippen LogP contribution in [0.5, 0.6) is 0 Å². The van der Waals surface area contributed by atoms with Crippen LogP contribution in [0.3, 0.4) is 0 Å². The van der Waals surface area contributed by atoms with Gasteiger partial charge >= 0.3 is 0 Å². The van der Waals surface area contributed by atoms with E-state index in [2.05, 4.69) is 48.5 Å². The minimum absolute atomic E-state index is 0.781. The summed E-state index contributed by atoms with van der Waals surface area (Å²) in [5.74, 6) is 2.16. The first kappa shape index (κ1) is 15.9. The number of hydrogen-bond donors (Lipinski definition) is 0. The Hall–Kier alpha value is -0.120. The molecule has 0 aliphatic heterocycles. The van der Waals surface area contributed by atoms with Gasteiger partial charge in [-0.05, 0) is 25.0 Å². The summed E-state index contributed by atoms with van der Waals surface area (Å²) >= 11 is 0. The van der Waals surface area contributed by atoms with Crippen molar-refractivity contribution in [3.8, 4) is 0 Å². The fourth-order valence-corrected chi connectivity index (χ4v) is 9.04. The molecule has 3 heteroatoms. The molecule has 1 nitrogen and oxygen atoms in total. The van der Waals surface area contributed by atoms with Crippen molar-refractivity contribution in [3.05, 3.63) is 38.0 Å². The first-order valence-electron chi connectivity index (χ1n) is 5.34. The molecule has 0 rings (SSSR count). The molecule has 0 heterocycles. The summed E-state index contributed by atoms with van der Waals surface area (Å²) in [6.07, 6.45) is 15.5. The number of nitrogens with zero attached hydrogens (tertiary/aromatic N) is 1. The van der Waals surface area contributed by atoms with Crippen LogP contribution < -0.4 is 0 Å². The van der Waals surface area contributed by atoms with Crippen molar-refractivity contribution in [1.82, 2.24) is 3.71 Å². The Morgan fingerprint density at radius 1 is 0.812 bits per heavy atom. The molecular weight excluding hydrogens is 234 g/mol. The highest BCUT2D eigenvalue weighted by Gasteiger charge is 2.28. The topological polar surface area (TPSA) is 3.24 Å². The Balaban J connectivity index is 5.03. The minimum atomic E-state index is -0.781. The molecule has 0 atom stereocenters. The second kappa shape index (κ2) is 6.58. The standard InChI is InChI=1S/C13H27NS2/c1-8-11-14(15(4,5)12-9-2)16(6,7)13-10-3/h8-10H,1-3,11-13H2,4-7H3. The third-order valence-electron chi connectivity index (χ3n) is 2.43. The Morgan fingerprint density at radius 3 is 1.44 bits per heavy atom. The second-order valence-corrected chi connectivity index (χ2v) is 12.4. The predicted molar refractivity (Wildman–Crippen MR) is 85.9 cm³/mol. The molecule has 0 spiro atoms. The Kier molecular flexibility index (Phi) is 6.53. The van der Waals surface area contributed by atoms with Crippen LogP contribution in [0.2, 0.25) is 0 Å². The van der Waals surface area contributed by atoms with Crippen LogP contribution in [-0.2, 0) is 0 Å². The van der Waals surface area contributed by atoms with Gasteiger partial charge in [0.05, 0.1) is 0 Å². The molecule has 0 saturated carbocycles. The smallest absolute Gasteiger partial charge is 0.0347 e. The Labute approximate surface area is 105 Å². The van der Waals surface area contributed by atoms with Crippen LogP contribution in [0.1, 0.15) is 0 Å². The number of hydrogen-bond acceptors (Lipinski definition) is 1. The molecule has 0 aliphatic rings. The lowest BCUT2D eigenvalue weighted by molar-refractivity contribution is 0.805. The van der Waals surface area contributed by atoms with Gasteiger partial charge in [0.1, 0.15) is 0 Å². The monoisotopic (exact) mass is 261 g/mol. The van der Waals surface area contributed by atoms with Crippen LogP contribution in [-0.4, -0.2) is 46.8 Å². The van der Waals surface area contributed by atoms with E-state index < -0.39 is 20.4 Å². The second-order valence-electron chi connectivity index (χ2n) is 4.67. The molecular formula is C13H27NS2. The van der Waals surface area contributed by atoms with Gasteiger partial charge in [0, 0.05) is 18.1 Å². The van der Waals surface area contributed by atoms with Gasteiger partial charge < -0.3 is 0 Å². The van der Waals surface area contributed by atoms with Gasteiger partial charge in [-0.2, -0.15) is 20.4 Å². The summed E-state index contributed by atoms with van der Waals surface area (Å²) in [6.45, 7) is 12.6. The zero-order valence-corrected chi connectivity index (χ0v) is 12.9. The maximum absolute atomic E-state index is 3.88. The van der Waals surface area contributed by atoms with E-state index >= 15 is 0 Å². The van der Waals surface area contributed by atoms with Crippen molar-refractivity contribution < 1.29 is 0 Å². The van der Waals surface area contributed by atoms with Crippen molar-refractivity contribution in [1.29, 1.82) is 0 Å². The van der Waals surface area contributed by atoms with Gasteiger partial charge in [-0.3, -0.25) is 0 Å². The summed E-state index contributed by atoms with van der Waals surface area (Å²) in [6, 6.07) is 0. The molecule has 0 radical (unpaired) electrons. The quantitative estimate of drug-likeness (QED) is 0.601. The molecule has 0 bridgehead atoms. The average molecular weight is 262 g/mol. The van der Waals surface area contributed by atoms with E-state index in [0.29, 0.717) is 0 Å². The third kappa shape index (κ3) is 4.40. The van der Waals surface area contributed by atoms with Crippen molar-refractivity contribution in [2.24, 2.45) is 0 Å². The van der Waals surface area contributed by atoms with E-state index in [-0.39, 0.29) is 0 Å². The SMILES string of the molecule is C=CCN(S(C)(C)CC=C)S(C)(C)CC=C. The highest BCUT2D eigenvalue weighted by atomic mass is 32.3. The average Bonchev–Trinajstić information content (AvgIpc) is 2.13. The van der Waals surface area contributed by atoms with Crippen molar-refractivity contribution in [2.75, 3.05) is 43.1 Å². The van der Waals surface area contributed by atoms with Crippen LogP contribution in [0, 0.1) is 0 Å².